The van der Waals surface area contributed by atoms with Crippen LogP contribution in [0.4, 0.5) is 5.69 Å². The molecule has 5 nitrogen and oxygen atoms in total. The van der Waals surface area contributed by atoms with Crippen LogP contribution in [0.15, 0.2) is 53.3 Å². The van der Waals surface area contributed by atoms with E-state index in [4.69, 9.17) is 4.74 Å². The van der Waals surface area contributed by atoms with Crippen LogP contribution in [-0.4, -0.2) is 18.0 Å². The molecule has 26 heavy (non-hydrogen) atoms. The summed E-state index contributed by atoms with van der Waals surface area (Å²) in [6.45, 7) is 6.21. The lowest BCUT2D eigenvalue weighted by molar-refractivity contribution is 0.102. The summed E-state index contributed by atoms with van der Waals surface area (Å²) in [4.78, 5) is 27.3. The Hall–Kier alpha value is -3.08. The third-order valence-electron chi connectivity index (χ3n) is 4.24. The predicted molar refractivity (Wildman–Crippen MR) is 104 cm³/mol. The summed E-state index contributed by atoms with van der Waals surface area (Å²) >= 11 is 0. The van der Waals surface area contributed by atoms with Crippen molar-refractivity contribution in [3.8, 4) is 5.75 Å². The predicted octanol–water partition coefficient (Wildman–Crippen LogP) is 4.09. The maximum Gasteiger partial charge on any atom is 0.255 e. The minimum atomic E-state index is -0.238. The number of benzene rings is 2. The van der Waals surface area contributed by atoms with Gasteiger partial charge in [-0.3, -0.25) is 9.59 Å². The highest BCUT2D eigenvalue weighted by molar-refractivity contribution is 6.05. The fourth-order valence-electron chi connectivity index (χ4n) is 2.93. The lowest BCUT2D eigenvalue weighted by Crippen LogP contribution is -2.17. The number of rotatable bonds is 3. The smallest absolute Gasteiger partial charge is 0.255 e. The fourth-order valence-corrected chi connectivity index (χ4v) is 2.93. The standard InChI is InChI=1S/C21H22N2O3/c1-21(2,3)17-12-19(24)23-18-11-14(8-9-16(17)18)22-20(25)13-6-5-7-15(10-13)26-4/h5-12H,1-4H3,(H,22,25)(H,23,24). The van der Waals surface area contributed by atoms with Crippen molar-refractivity contribution < 1.29 is 9.53 Å². The largest absolute Gasteiger partial charge is 0.497 e. The van der Waals surface area contributed by atoms with Gasteiger partial charge < -0.3 is 15.0 Å². The number of hydrogen-bond acceptors (Lipinski definition) is 3. The molecule has 0 unspecified atom stereocenters. The number of aromatic amines is 1. The molecule has 3 aromatic rings. The Morgan fingerprint density at radius 2 is 1.85 bits per heavy atom. The van der Waals surface area contributed by atoms with Crippen LogP contribution in [0, 0.1) is 0 Å². The van der Waals surface area contributed by atoms with Crippen LogP contribution in [0.1, 0.15) is 36.7 Å². The molecule has 0 radical (unpaired) electrons. The van der Waals surface area contributed by atoms with Crippen molar-refractivity contribution in [1.29, 1.82) is 0 Å². The molecule has 3 rings (SSSR count). The molecule has 0 bridgehead atoms. The van der Waals surface area contributed by atoms with Gasteiger partial charge in [0.2, 0.25) is 5.56 Å². The topological polar surface area (TPSA) is 71.2 Å². The van der Waals surface area contributed by atoms with E-state index < -0.39 is 0 Å². The molecule has 0 aliphatic carbocycles. The first kappa shape index (κ1) is 17.7. The second kappa shape index (κ2) is 6.67. The maximum atomic E-state index is 12.5. The third kappa shape index (κ3) is 3.61. The van der Waals surface area contributed by atoms with Gasteiger partial charge in [0.25, 0.3) is 5.91 Å². The highest BCUT2D eigenvalue weighted by Gasteiger charge is 2.18. The molecular formula is C21H22N2O3. The number of pyridine rings is 1. The fraction of sp³-hybridized carbons (Fsp3) is 0.238. The monoisotopic (exact) mass is 350 g/mol. The Morgan fingerprint density at radius 1 is 1.08 bits per heavy atom. The number of ether oxygens (including phenoxy) is 1. The van der Waals surface area contributed by atoms with E-state index in [0.29, 0.717) is 22.5 Å². The molecule has 134 valence electrons. The Morgan fingerprint density at radius 3 is 2.54 bits per heavy atom. The van der Waals surface area contributed by atoms with E-state index in [9.17, 15) is 9.59 Å². The summed E-state index contributed by atoms with van der Waals surface area (Å²) in [7, 11) is 1.56. The van der Waals surface area contributed by atoms with E-state index in [1.165, 1.54) is 0 Å². The molecule has 0 fully saturated rings. The highest BCUT2D eigenvalue weighted by Crippen LogP contribution is 2.29. The van der Waals surface area contributed by atoms with Gasteiger partial charge in [0.05, 0.1) is 12.6 Å². The molecule has 0 saturated carbocycles. The number of carbonyl (C=O) groups excluding carboxylic acids is 1. The van der Waals surface area contributed by atoms with Crippen molar-refractivity contribution in [2.75, 3.05) is 12.4 Å². The summed E-state index contributed by atoms with van der Waals surface area (Å²) in [6.07, 6.45) is 0. The van der Waals surface area contributed by atoms with E-state index in [1.54, 1.807) is 43.5 Å². The lowest BCUT2D eigenvalue weighted by atomic mass is 9.85. The van der Waals surface area contributed by atoms with Gasteiger partial charge >= 0.3 is 0 Å². The Balaban J connectivity index is 1.97. The maximum absolute atomic E-state index is 12.5. The van der Waals surface area contributed by atoms with E-state index in [-0.39, 0.29) is 16.9 Å². The molecule has 5 heteroatoms. The third-order valence-corrected chi connectivity index (χ3v) is 4.24. The molecule has 0 aliphatic heterocycles. The molecule has 0 saturated heterocycles. The SMILES string of the molecule is COc1cccc(C(=O)Nc2ccc3c(C(C)(C)C)cc(=O)[nH]c3c2)c1. The van der Waals surface area contributed by atoms with Crippen molar-refractivity contribution in [3.63, 3.8) is 0 Å². The highest BCUT2D eigenvalue weighted by atomic mass is 16.5. The van der Waals surface area contributed by atoms with Crippen molar-refractivity contribution in [2.24, 2.45) is 0 Å². The van der Waals surface area contributed by atoms with Gasteiger partial charge in [-0.15, -0.1) is 0 Å². The van der Waals surface area contributed by atoms with Crippen molar-refractivity contribution in [1.82, 2.24) is 4.98 Å². The van der Waals surface area contributed by atoms with Gasteiger partial charge in [-0.1, -0.05) is 32.9 Å². The molecule has 2 N–H and O–H groups in total. The number of H-pyrrole nitrogens is 1. The van der Waals surface area contributed by atoms with Gasteiger partial charge in [-0.25, -0.2) is 0 Å². The first-order valence-corrected chi connectivity index (χ1v) is 8.41. The molecule has 1 amide bonds. The summed E-state index contributed by atoms with van der Waals surface area (Å²) in [5.74, 6) is 0.382. The van der Waals surface area contributed by atoms with Gasteiger partial charge in [0.15, 0.2) is 0 Å². The minimum absolute atomic E-state index is 0.154. The van der Waals surface area contributed by atoms with E-state index >= 15 is 0 Å². The second-order valence-electron chi connectivity index (χ2n) is 7.24. The van der Waals surface area contributed by atoms with Crippen molar-refractivity contribution >= 4 is 22.5 Å². The number of amides is 1. The quantitative estimate of drug-likeness (QED) is 0.747. The Labute approximate surface area is 152 Å². The van der Waals surface area contributed by atoms with Gasteiger partial charge in [0, 0.05) is 22.7 Å². The van der Waals surface area contributed by atoms with Crippen LogP contribution in [0.5, 0.6) is 5.75 Å². The van der Waals surface area contributed by atoms with E-state index in [0.717, 1.165) is 10.9 Å². The van der Waals surface area contributed by atoms with Crippen LogP contribution >= 0.6 is 0 Å². The van der Waals surface area contributed by atoms with Gasteiger partial charge in [-0.05, 0) is 41.3 Å². The number of anilines is 1. The zero-order valence-electron chi connectivity index (χ0n) is 15.3. The van der Waals surface area contributed by atoms with E-state index in [1.807, 2.05) is 12.1 Å². The van der Waals surface area contributed by atoms with Gasteiger partial charge in [-0.2, -0.15) is 0 Å². The van der Waals surface area contributed by atoms with Crippen LogP contribution in [0.3, 0.4) is 0 Å². The number of nitrogens with one attached hydrogen (secondary N) is 2. The Bertz CT molecular complexity index is 1030. The van der Waals surface area contributed by atoms with Gasteiger partial charge in [0.1, 0.15) is 5.75 Å². The normalized spacial score (nSPS) is 11.4. The molecule has 1 heterocycles. The van der Waals surface area contributed by atoms with Crippen LogP contribution in [0.2, 0.25) is 0 Å². The zero-order valence-corrected chi connectivity index (χ0v) is 15.3. The number of fused-ring (bicyclic) bond motifs is 1. The molecular weight excluding hydrogens is 328 g/mol. The van der Waals surface area contributed by atoms with E-state index in [2.05, 4.69) is 31.1 Å². The van der Waals surface area contributed by atoms with Crippen LogP contribution in [-0.2, 0) is 5.41 Å². The molecule has 0 aliphatic rings. The summed E-state index contributed by atoms with van der Waals surface area (Å²) < 4.78 is 5.15. The van der Waals surface area contributed by atoms with Crippen LogP contribution < -0.4 is 15.6 Å². The summed E-state index contributed by atoms with van der Waals surface area (Å²) in [5.41, 5.74) is 2.48. The number of methoxy groups -OCH3 is 1. The summed E-state index contributed by atoms with van der Waals surface area (Å²) in [6, 6.07) is 14.1. The van der Waals surface area contributed by atoms with Crippen molar-refractivity contribution in [3.05, 3.63) is 70.0 Å². The average molecular weight is 350 g/mol. The summed E-state index contributed by atoms with van der Waals surface area (Å²) in [5, 5.41) is 3.83. The second-order valence-corrected chi connectivity index (χ2v) is 7.24. The zero-order chi connectivity index (χ0) is 18.9. The average Bonchev–Trinajstić information content (AvgIpc) is 2.60. The molecule has 2 aromatic carbocycles. The molecule has 0 atom stereocenters. The van der Waals surface area contributed by atoms with Crippen molar-refractivity contribution in [2.45, 2.75) is 26.2 Å². The molecule has 0 spiro atoms. The number of hydrogen-bond donors (Lipinski definition) is 2. The number of aromatic nitrogens is 1. The molecule has 1 aromatic heterocycles. The first-order valence-electron chi connectivity index (χ1n) is 8.41. The first-order chi connectivity index (χ1) is 12.3. The Kier molecular flexibility index (Phi) is 4.55. The lowest BCUT2D eigenvalue weighted by Gasteiger charge is -2.21. The minimum Gasteiger partial charge on any atom is -0.497 e. The number of carbonyl (C=O) groups is 1. The van der Waals surface area contributed by atoms with Crippen LogP contribution in [0.25, 0.3) is 10.9 Å².